The van der Waals surface area contributed by atoms with Gasteiger partial charge < -0.3 is 24.4 Å². The second-order valence-corrected chi connectivity index (χ2v) is 4.70. The van der Waals surface area contributed by atoms with Crippen LogP contribution in [0.5, 0.6) is 5.75 Å². The molecule has 0 spiro atoms. The molecule has 0 aliphatic carbocycles. The van der Waals surface area contributed by atoms with Crippen LogP contribution < -0.4 is 4.74 Å². The SMILES string of the molecule is CC(=O)OCc1ccc(OC2OCC(O)CC2O)cc1. The van der Waals surface area contributed by atoms with Crippen LogP contribution in [0.15, 0.2) is 24.3 Å². The monoisotopic (exact) mass is 282 g/mol. The fourth-order valence-corrected chi connectivity index (χ4v) is 1.87. The van der Waals surface area contributed by atoms with E-state index in [0.717, 1.165) is 5.56 Å². The molecule has 1 fully saturated rings. The summed E-state index contributed by atoms with van der Waals surface area (Å²) < 4.78 is 15.6. The Kier molecular flexibility index (Phi) is 4.94. The van der Waals surface area contributed by atoms with Gasteiger partial charge in [-0.05, 0) is 17.7 Å². The zero-order valence-electron chi connectivity index (χ0n) is 11.2. The van der Waals surface area contributed by atoms with Crippen LogP contribution >= 0.6 is 0 Å². The van der Waals surface area contributed by atoms with Crippen LogP contribution in [0, 0.1) is 0 Å². The van der Waals surface area contributed by atoms with Gasteiger partial charge in [0.05, 0.1) is 12.7 Å². The number of carbonyl (C=O) groups excluding carboxylic acids is 1. The number of rotatable bonds is 4. The van der Waals surface area contributed by atoms with E-state index >= 15 is 0 Å². The zero-order valence-corrected chi connectivity index (χ0v) is 11.2. The van der Waals surface area contributed by atoms with E-state index in [1.807, 2.05) is 0 Å². The maximum absolute atomic E-state index is 10.7. The first-order valence-electron chi connectivity index (χ1n) is 6.41. The first-order valence-corrected chi connectivity index (χ1v) is 6.41. The predicted molar refractivity (Wildman–Crippen MR) is 68.9 cm³/mol. The van der Waals surface area contributed by atoms with Gasteiger partial charge in [0.25, 0.3) is 0 Å². The molecule has 1 aliphatic heterocycles. The van der Waals surface area contributed by atoms with Gasteiger partial charge in [-0.15, -0.1) is 0 Å². The van der Waals surface area contributed by atoms with Crippen molar-refractivity contribution in [3.8, 4) is 5.75 Å². The van der Waals surface area contributed by atoms with Gasteiger partial charge in [0.15, 0.2) is 0 Å². The maximum Gasteiger partial charge on any atom is 0.302 e. The Morgan fingerprint density at radius 1 is 1.35 bits per heavy atom. The number of aliphatic hydroxyl groups excluding tert-OH is 2. The lowest BCUT2D eigenvalue weighted by atomic mass is 10.1. The topological polar surface area (TPSA) is 85.2 Å². The highest BCUT2D eigenvalue weighted by Crippen LogP contribution is 2.20. The van der Waals surface area contributed by atoms with E-state index in [1.54, 1.807) is 24.3 Å². The third-order valence-corrected chi connectivity index (χ3v) is 2.90. The highest BCUT2D eigenvalue weighted by Gasteiger charge is 2.30. The molecule has 1 heterocycles. The maximum atomic E-state index is 10.7. The molecule has 1 aromatic carbocycles. The molecule has 0 radical (unpaired) electrons. The summed E-state index contributed by atoms with van der Waals surface area (Å²) in [5.41, 5.74) is 0.841. The van der Waals surface area contributed by atoms with Crippen molar-refractivity contribution in [1.82, 2.24) is 0 Å². The molecule has 0 bridgehead atoms. The predicted octanol–water partition coefficient (Wildman–Crippen LogP) is 0.597. The molecule has 3 atom stereocenters. The van der Waals surface area contributed by atoms with Crippen molar-refractivity contribution >= 4 is 5.97 Å². The molecule has 0 amide bonds. The van der Waals surface area contributed by atoms with Gasteiger partial charge in [-0.2, -0.15) is 0 Å². The minimum absolute atomic E-state index is 0.145. The Hall–Kier alpha value is -1.63. The van der Waals surface area contributed by atoms with Gasteiger partial charge >= 0.3 is 5.97 Å². The van der Waals surface area contributed by atoms with Crippen molar-refractivity contribution in [3.63, 3.8) is 0 Å². The summed E-state index contributed by atoms with van der Waals surface area (Å²) in [7, 11) is 0. The van der Waals surface area contributed by atoms with Gasteiger partial charge in [0.1, 0.15) is 18.5 Å². The number of aliphatic hydroxyl groups is 2. The Labute approximate surface area is 116 Å². The second kappa shape index (κ2) is 6.69. The first kappa shape index (κ1) is 14.8. The van der Waals surface area contributed by atoms with E-state index < -0.39 is 18.5 Å². The normalized spacial score (nSPS) is 26.1. The minimum atomic E-state index is -0.862. The number of hydrogen-bond acceptors (Lipinski definition) is 6. The van der Waals surface area contributed by atoms with Crippen molar-refractivity contribution in [2.24, 2.45) is 0 Å². The number of ether oxygens (including phenoxy) is 3. The molecule has 1 saturated heterocycles. The summed E-state index contributed by atoms with van der Waals surface area (Å²) in [5, 5.41) is 19.1. The molecule has 2 N–H and O–H groups in total. The average molecular weight is 282 g/mol. The van der Waals surface area contributed by atoms with Crippen LogP contribution in [-0.4, -0.2) is 41.3 Å². The Morgan fingerprint density at radius 3 is 2.65 bits per heavy atom. The molecule has 6 nitrogen and oxygen atoms in total. The molecule has 3 unspecified atom stereocenters. The quantitative estimate of drug-likeness (QED) is 0.786. The molecule has 20 heavy (non-hydrogen) atoms. The molecule has 0 aromatic heterocycles. The van der Waals surface area contributed by atoms with Crippen molar-refractivity contribution < 1.29 is 29.2 Å². The fraction of sp³-hybridized carbons (Fsp3) is 0.500. The smallest absolute Gasteiger partial charge is 0.302 e. The molecule has 110 valence electrons. The van der Waals surface area contributed by atoms with Crippen LogP contribution in [0.3, 0.4) is 0 Å². The Morgan fingerprint density at radius 2 is 2.05 bits per heavy atom. The van der Waals surface area contributed by atoms with Crippen LogP contribution in [0.1, 0.15) is 18.9 Å². The standard InChI is InChI=1S/C14H18O6/c1-9(15)18-7-10-2-4-12(5-3-10)20-14-13(17)6-11(16)8-19-14/h2-5,11,13-14,16-17H,6-8H2,1H3. The summed E-state index contributed by atoms with van der Waals surface area (Å²) in [6.07, 6.45) is -2.07. The van der Waals surface area contributed by atoms with Gasteiger partial charge in [-0.1, -0.05) is 12.1 Å². The van der Waals surface area contributed by atoms with Crippen LogP contribution in [0.2, 0.25) is 0 Å². The summed E-state index contributed by atoms with van der Waals surface area (Å²) in [4.78, 5) is 10.7. The second-order valence-electron chi connectivity index (χ2n) is 4.70. The van der Waals surface area contributed by atoms with E-state index in [4.69, 9.17) is 14.2 Å². The first-order chi connectivity index (χ1) is 9.54. The van der Waals surface area contributed by atoms with Crippen molar-refractivity contribution in [2.75, 3.05) is 6.61 Å². The van der Waals surface area contributed by atoms with E-state index in [-0.39, 0.29) is 25.6 Å². The van der Waals surface area contributed by atoms with E-state index in [1.165, 1.54) is 6.92 Å². The molecule has 1 aliphatic rings. The Bertz CT molecular complexity index is 443. The summed E-state index contributed by atoms with van der Waals surface area (Å²) >= 11 is 0. The number of esters is 1. The highest BCUT2D eigenvalue weighted by molar-refractivity contribution is 5.65. The zero-order chi connectivity index (χ0) is 14.5. The molecule has 6 heteroatoms. The fourth-order valence-electron chi connectivity index (χ4n) is 1.87. The van der Waals surface area contributed by atoms with Crippen molar-refractivity contribution in [1.29, 1.82) is 0 Å². The minimum Gasteiger partial charge on any atom is -0.462 e. The van der Waals surface area contributed by atoms with Crippen LogP contribution in [0.4, 0.5) is 0 Å². The highest BCUT2D eigenvalue weighted by atomic mass is 16.7. The summed E-state index contributed by atoms with van der Waals surface area (Å²) in [5.74, 6) is 0.208. The number of hydrogen-bond donors (Lipinski definition) is 2. The van der Waals surface area contributed by atoms with Crippen LogP contribution in [0.25, 0.3) is 0 Å². The average Bonchev–Trinajstić information content (AvgIpc) is 2.41. The Balaban J connectivity index is 1.88. The lowest BCUT2D eigenvalue weighted by molar-refractivity contribution is -0.198. The largest absolute Gasteiger partial charge is 0.462 e. The van der Waals surface area contributed by atoms with Crippen molar-refractivity contribution in [3.05, 3.63) is 29.8 Å². The molecule has 0 saturated carbocycles. The third-order valence-electron chi connectivity index (χ3n) is 2.90. The summed E-state index contributed by atoms with van der Waals surface area (Å²) in [6.45, 7) is 1.71. The van der Waals surface area contributed by atoms with E-state index in [0.29, 0.717) is 5.75 Å². The third kappa shape index (κ3) is 4.19. The molecular formula is C14H18O6. The van der Waals surface area contributed by atoms with Gasteiger partial charge in [-0.25, -0.2) is 0 Å². The van der Waals surface area contributed by atoms with E-state index in [9.17, 15) is 15.0 Å². The number of carbonyl (C=O) groups is 1. The number of benzene rings is 1. The lowest BCUT2D eigenvalue weighted by Crippen LogP contribution is -2.44. The van der Waals surface area contributed by atoms with E-state index in [2.05, 4.69) is 0 Å². The van der Waals surface area contributed by atoms with Gasteiger partial charge in [-0.3, -0.25) is 4.79 Å². The molecule has 2 rings (SSSR count). The lowest BCUT2D eigenvalue weighted by Gasteiger charge is -2.31. The van der Waals surface area contributed by atoms with Gasteiger partial charge in [0.2, 0.25) is 6.29 Å². The molecular weight excluding hydrogens is 264 g/mol. The summed E-state index contributed by atoms with van der Waals surface area (Å²) in [6, 6.07) is 6.95. The van der Waals surface area contributed by atoms with Crippen molar-refractivity contribution in [2.45, 2.75) is 38.4 Å². The van der Waals surface area contributed by atoms with Gasteiger partial charge in [0, 0.05) is 13.3 Å². The molecule has 1 aromatic rings. The van der Waals surface area contributed by atoms with Crippen LogP contribution in [-0.2, 0) is 20.9 Å².